The number of nitrogens with two attached hydrogens (primary N) is 1. The van der Waals surface area contributed by atoms with Gasteiger partial charge in [0.15, 0.2) is 6.23 Å². The second-order valence-corrected chi connectivity index (χ2v) is 6.48. The van der Waals surface area contributed by atoms with Gasteiger partial charge in [-0.1, -0.05) is 27.7 Å². The summed E-state index contributed by atoms with van der Waals surface area (Å²) >= 11 is 0. The Balaban J connectivity index is 0. The predicted molar refractivity (Wildman–Crippen MR) is 103 cm³/mol. The molecule has 0 aromatic heterocycles. The van der Waals surface area contributed by atoms with Gasteiger partial charge in [-0.25, -0.2) is 13.1 Å². The number of hydrogen-bond donors (Lipinski definition) is 4. The highest BCUT2D eigenvalue weighted by Gasteiger charge is 2.52. The summed E-state index contributed by atoms with van der Waals surface area (Å²) in [5.41, 5.74) is 5.32. The van der Waals surface area contributed by atoms with Crippen molar-refractivity contribution >= 4 is 29.5 Å². The first-order valence-electron chi connectivity index (χ1n) is 8.34. The summed E-state index contributed by atoms with van der Waals surface area (Å²) < 4.78 is 42.0. The maximum absolute atomic E-state index is 14.0. The van der Waals surface area contributed by atoms with Crippen LogP contribution in [0.25, 0.3) is 0 Å². The molecule has 1 aliphatic heterocycles. The van der Waals surface area contributed by atoms with Gasteiger partial charge in [0.1, 0.15) is 5.84 Å². The van der Waals surface area contributed by atoms with E-state index in [4.69, 9.17) is 24.8 Å². The van der Waals surface area contributed by atoms with E-state index < -0.39 is 48.5 Å². The minimum absolute atomic E-state index is 0.161. The molecule has 0 bridgehead atoms. The van der Waals surface area contributed by atoms with E-state index in [0.29, 0.717) is 0 Å². The second kappa shape index (κ2) is 16.0. The van der Waals surface area contributed by atoms with E-state index >= 15 is 0 Å². The number of alkyl halides is 2. The zero-order chi connectivity index (χ0) is 22.3. The Labute approximate surface area is 166 Å². The van der Waals surface area contributed by atoms with Gasteiger partial charge < -0.3 is 34.6 Å². The Morgan fingerprint density at radius 3 is 2.43 bits per heavy atom. The van der Waals surface area contributed by atoms with Crippen LogP contribution in [0.3, 0.4) is 0 Å². The molecule has 0 aromatic carbocycles. The fourth-order valence-corrected chi connectivity index (χ4v) is 2.82. The number of carbonyl (C=O) groups is 1. The summed E-state index contributed by atoms with van der Waals surface area (Å²) in [5, 5.41) is 0. The number of amides is 1. The quantitative estimate of drug-likeness (QED) is 0.179. The number of nitrogens with zero attached hydrogens (tertiary/aromatic N) is 2. The number of rotatable bonds is 9. The van der Waals surface area contributed by atoms with Gasteiger partial charge in [-0.05, 0) is 6.08 Å². The minimum atomic E-state index is -3.22. The molecule has 1 rings (SSSR count). The van der Waals surface area contributed by atoms with Gasteiger partial charge in [0.25, 0.3) is 5.92 Å². The van der Waals surface area contributed by atoms with E-state index in [2.05, 4.69) is 9.30 Å². The molecule has 0 spiro atoms. The van der Waals surface area contributed by atoms with Crippen molar-refractivity contribution in [3.05, 3.63) is 12.3 Å². The molecule has 1 amide bonds. The van der Waals surface area contributed by atoms with Gasteiger partial charge in [-0.15, -0.1) is 0 Å². The van der Waals surface area contributed by atoms with Crippen molar-refractivity contribution in [1.82, 2.24) is 4.90 Å². The van der Waals surface area contributed by atoms with Crippen molar-refractivity contribution in [1.29, 1.82) is 0 Å². The van der Waals surface area contributed by atoms with Crippen molar-refractivity contribution < 1.29 is 41.8 Å². The third-order valence-electron chi connectivity index (χ3n) is 2.75. The van der Waals surface area contributed by atoms with Crippen LogP contribution in [0.5, 0.6) is 0 Å². The van der Waals surface area contributed by atoms with Crippen molar-refractivity contribution in [2.24, 2.45) is 10.7 Å². The average Bonchev–Trinajstić information content (AvgIpc) is 2.95. The fraction of sp³-hybridized carbons (Fsp3) is 0.714. The van der Waals surface area contributed by atoms with E-state index in [1.165, 1.54) is 13.2 Å². The van der Waals surface area contributed by atoms with E-state index in [1.807, 2.05) is 27.7 Å². The molecule has 3 unspecified atom stereocenters. The topological polar surface area (TPSA) is 147 Å². The van der Waals surface area contributed by atoms with E-state index in [0.717, 1.165) is 11.0 Å². The highest BCUT2D eigenvalue weighted by Crippen LogP contribution is 2.47. The summed E-state index contributed by atoms with van der Waals surface area (Å²) in [6.07, 6.45) is -0.797. The highest BCUT2D eigenvalue weighted by molar-refractivity contribution is 7.54. The standard InChI is InChI=1S/C10H17F2N3O7P2.2C2H6/c1-15(3-2-8(13)14-6-16)9-10(11,12)4-7(21-9)5-20-24(19)22-23(17)18;2*1-2/h2-3,6-7,9,17-19H,4-5H2,1H3,(H2,13,14,16);2*1-2H3/b3-2-;;. The monoisotopic (exact) mass is 451 g/mol. The third-order valence-corrected chi connectivity index (χ3v) is 4.26. The predicted octanol–water partition coefficient (Wildman–Crippen LogP) is 2.21. The lowest BCUT2D eigenvalue weighted by Crippen LogP contribution is -2.40. The number of aliphatic imine (C=N–C) groups is 1. The lowest BCUT2D eigenvalue weighted by Gasteiger charge is -2.26. The summed E-state index contributed by atoms with van der Waals surface area (Å²) in [6, 6.07) is 0. The molecule has 0 radical (unpaired) electrons. The van der Waals surface area contributed by atoms with Crippen LogP contribution >= 0.6 is 17.2 Å². The lowest BCUT2D eigenvalue weighted by molar-refractivity contribution is -0.132. The largest absolute Gasteiger partial charge is 0.384 e. The van der Waals surface area contributed by atoms with Gasteiger partial charge in [0.2, 0.25) is 6.41 Å². The Bertz CT molecular complexity index is 488. The van der Waals surface area contributed by atoms with Crippen LogP contribution in [0.2, 0.25) is 0 Å². The molecule has 1 saturated heterocycles. The highest BCUT2D eigenvalue weighted by atomic mass is 31.2. The number of ether oxygens (including phenoxy) is 1. The SMILES string of the molecule is CC.CC.CN(/C=C\C(N)=NC=O)C1OC(COP(O)OP(O)O)CC1(F)F. The molecule has 1 heterocycles. The first-order valence-corrected chi connectivity index (χ1v) is 10.6. The maximum Gasteiger partial charge on any atom is 0.337 e. The minimum Gasteiger partial charge on any atom is -0.384 e. The first kappa shape index (κ1) is 29.4. The first-order chi connectivity index (χ1) is 13.2. The summed E-state index contributed by atoms with van der Waals surface area (Å²) in [4.78, 5) is 40.6. The number of halogens is 2. The molecule has 0 aliphatic carbocycles. The molecule has 0 aromatic rings. The molecule has 0 saturated carbocycles. The normalized spacial score (nSPS) is 22.2. The van der Waals surface area contributed by atoms with E-state index in [-0.39, 0.29) is 12.2 Å². The zero-order valence-corrected chi connectivity index (χ0v) is 18.2. The van der Waals surface area contributed by atoms with Crippen LogP contribution in [0.1, 0.15) is 34.1 Å². The van der Waals surface area contributed by atoms with Crippen LogP contribution < -0.4 is 5.73 Å². The molecule has 5 N–H and O–H groups in total. The second-order valence-electron chi connectivity index (χ2n) is 4.58. The Hall–Kier alpha value is -0.840. The van der Waals surface area contributed by atoms with Gasteiger partial charge >= 0.3 is 17.2 Å². The maximum atomic E-state index is 14.0. The fourth-order valence-electron chi connectivity index (χ4n) is 1.84. The van der Waals surface area contributed by atoms with Crippen LogP contribution in [-0.2, 0) is 18.4 Å². The Kier molecular flexibility index (Phi) is 16.8. The molecule has 3 atom stereocenters. The van der Waals surface area contributed by atoms with Crippen LogP contribution in [0.15, 0.2) is 17.3 Å². The molecular weight excluding hydrogens is 422 g/mol. The van der Waals surface area contributed by atoms with Crippen molar-refractivity contribution in [2.75, 3.05) is 13.7 Å². The zero-order valence-electron chi connectivity index (χ0n) is 16.4. The average molecular weight is 451 g/mol. The molecule has 1 fully saturated rings. The summed E-state index contributed by atoms with van der Waals surface area (Å²) in [7, 11) is -4.10. The van der Waals surface area contributed by atoms with Gasteiger partial charge in [-0.3, -0.25) is 4.79 Å². The van der Waals surface area contributed by atoms with Gasteiger partial charge in [0, 0.05) is 19.7 Å². The Morgan fingerprint density at radius 2 is 1.93 bits per heavy atom. The smallest absolute Gasteiger partial charge is 0.337 e. The van der Waals surface area contributed by atoms with Gasteiger partial charge in [-0.2, -0.15) is 4.99 Å². The molecule has 1 aliphatic rings. The van der Waals surface area contributed by atoms with E-state index in [9.17, 15) is 18.5 Å². The molecule has 166 valence electrons. The molecule has 10 nitrogen and oxygen atoms in total. The van der Waals surface area contributed by atoms with Crippen LogP contribution in [-0.4, -0.2) is 63.7 Å². The third kappa shape index (κ3) is 11.9. The summed E-state index contributed by atoms with van der Waals surface area (Å²) in [5.74, 6) is -3.38. The van der Waals surface area contributed by atoms with Gasteiger partial charge in [0.05, 0.1) is 12.7 Å². The van der Waals surface area contributed by atoms with Crippen molar-refractivity contribution in [3.8, 4) is 0 Å². The number of carbonyl (C=O) groups excluding carboxylic acids is 1. The van der Waals surface area contributed by atoms with Crippen molar-refractivity contribution in [3.63, 3.8) is 0 Å². The lowest BCUT2D eigenvalue weighted by atomic mass is 10.2. The number of amidine groups is 1. The van der Waals surface area contributed by atoms with Crippen LogP contribution in [0, 0.1) is 0 Å². The molecular formula is C14H29F2N3O7P2. The molecule has 28 heavy (non-hydrogen) atoms. The Morgan fingerprint density at radius 1 is 1.36 bits per heavy atom. The molecule has 14 heteroatoms. The number of hydrogen-bond acceptors (Lipinski definition) is 8. The van der Waals surface area contributed by atoms with Crippen molar-refractivity contribution in [2.45, 2.75) is 52.4 Å². The van der Waals surface area contributed by atoms with Crippen LogP contribution in [0.4, 0.5) is 8.78 Å². The summed E-state index contributed by atoms with van der Waals surface area (Å²) in [6.45, 7) is 7.57. The van der Waals surface area contributed by atoms with E-state index in [1.54, 1.807) is 0 Å².